The largest absolute Gasteiger partial charge is 0.459 e. The molecule has 0 rings (SSSR count). The molecule has 0 amide bonds. The third-order valence-corrected chi connectivity index (χ3v) is 2.78. The van der Waals surface area contributed by atoms with Crippen LogP contribution in [0.25, 0.3) is 0 Å². The van der Waals surface area contributed by atoms with Crippen molar-refractivity contribution in [2.24, 2.45) is 0 Å². The fraction of sp³-hybridized carbons (Fsp3) is 0.857. The van der Waals surface area contributed by atoms with Crippen molar-refractivity contribution in [1.82, 2.24) is 0 Å². The minimum absolute atomic E-state index is 0.326. The summed E-state index contributed by atoms with van der Waals surface area (Å²) in [5, 5.41) is 0. The molecule has 0 saturated carbocycles. The summed E-state index contributed by atoms with van der Waals surface area (Å²) in [6.07, 6.45) is 5.80. The van der Waals surface area contributed by atoms with E-state index in [0.29, 0.717) is 0 Å². The van der Waals surface area contributed by atoms with Crippen molar-refractivity contribution in [2.45, 2.75) is 78.4 Å². The van der Waals surface area contributed by atoms with Crippen molar-refractivity contribution in [1.29, 1.82) is 0 Å². The molecule has 0 N–H and O–H groups in total. The number of hydrogen-bond acceptors (Lipinski definition) is 4. The molecule has 0 heterocycles. The molecule has 0 bridgehead atoms. The van der Waals surface area contributed by atoms with Crippen molar-refractivity contribution in [3.8, 4) is 0 Å². The van der Waals surface area contributed by atoms with Crippen LogP contribution >= 0.6 is 0 Å². The molecule has 0 aromatic rings. The van der Waals surface area contributed by atoms with Crippen LogP contribution in [0.2, 0.25) is 0 Å². The van der Waals surface area contributed by atoms with E-state index in [-0.39, 0.29) is 24.1 Å². The van der Waals surface area contributed by atoms with Gasteiger partial charge in [-0.05, 0) is 19.8 Å². The zero-order chi connectivity index (χ0) is 14.0. The summed E-state index contributed by atoms with van der Waals surface area (Å²) < 4.78 is 10.3. The van der Waals surface area contributed by atoms with E-state index in [0.717, 1.165) is 19.3 Å². The highest BCUT2D eigenvalue weighted by Crippen LogP contribution is 2.14. The molecule has 0 aromatic heterocycles. The lowest BCUT2D eigenvalue weighted by atomic mass is 10.0. The van der Waals surface area contributed by atoms with Gasteiger partial charge in [0.25, 0.3) is 0 Å². The summed E-state index contributed by atoms with van der Waals surface area (Å²) in [5.74, 6) is -0.668. The fourth-order valence-corrected chi connectivity index (χ4v) is 1.89. The van der Waals surface area contributed by atoms with Gasteiger partial charge in [-0.15, -0.1) is 0 Å². The quantitative estimate of drug-likeness (QED) is 0.470. The lowest BCUT2D eigenvalue weighted by molar-refractivity contribution is -0.164. The van der Waals surface area contributed by atoms with E-state index in [4.69, 9.17) is 9.47 Å². The second kappa shape index (κ2) is 9.92. The van der Waals surface area contributed by atoms with Gasteiger partial charge in [-0.1, -0.05) is 32.6 Å². The average Bonchev–Trinajstić information content (AvgIpc) is 2.25. The lowest BCUT2D eigenvalue weighted by Gasteiger charge is -2.23. The molecule has 0 radical (unpaired) electrons. The van der Waals surface area contributed by atoms with Gasteiger partial charge in [0.1, 0.15) is 12.2 Å². The molecule has 106 valence electrons. The first kappa shape index (κ1) is 16.9. The number of carbonyl (C=O) groups excluding carboxylic acids is 2. The highest BCUT2D eigenvalue weighted by atomic mass is 16.6. The third-order valence-electron chi connectivity index (χ3n) is 2.78. The number of unbranched alkanes of at least 4 members (excludes halogenated alkanes) is 4. The van der Waals surface area contributed by atoms with Crippen LogP contribution in [0.4, 0.5) is 0 Å². The number of hydrogen-bond donors (Lipinski definition) is 0. The monoisotopic (exact) mass is 258 g/mol. The second-order valence-corrected chi connectivity index (χ2v) is 4.67. The minimum Gasteiger partial charge on any atom is -0.459 e. The van der Waals surface area contributed by atoms with E-state index in [9.17, 15) is 9.59 Å². The molecule has 2 atom stereocenters. The SMILES string of the molecule is CCCCCCCC(OC(C)=O)C(C)OC(C)=O. The maximum atomic E-state index is 11.0. The van der Waals surface area contributed by atoms with Crippen LogP contribution in [0.3, 0.4) is 0 Å². The average molecular weight is 258 g/mol. The molecular weight excluding hydrogens is 232 g/mol. The van der Waals surface area contributed by atoms with Gasteiger partial charge >= 0.3 is 11.9 Å². The summed E-state index contributed by atoms with van der Waals surface area (Å²) >= 11 is 0. The van der Waals surface area contributed by atoms with Crippen LogP contribution in [0, 0.1) is 0 Å². The van der Waals surface area contributed by atoms with Gasteiger partial charge in [-0.2, -0.15) is 0 Å². The van der Waals surface area contributed by atoms with Crippen LogP contribution in [-0.4, -0.2) is 24.1 Å². The molecule has 0 aromatic carbocycles. The summed E-state index contributed by atoms with van der Waals surface area (Å²) in [6.45, 7) is 6.68. The highest BCUT2D eigenvalue weighted by Gasteiger charge is 2.22. The van der Waals surface area contributed by atoms with Gasteiger partial charge in [0.05, 0.1) is 0 Å². The van der Waals surface area contributed by atoms with Gasteiger partial charge in [0.2, 0.25) is 0 Å². The zero-order valence-corrected chi connectivity index (χ0v) is 12.0. The topological polar surface area (TPSA) is 52.6 Å². The maximum Gasteiger partial charge on any atom is 0.303 e. The van der Waals surface area contributed by atoms with Crippen LogP contribution in [0.15, 0.2) is 0 Å². The molecule has 0 aliphatic carbocycles. The van der Waals surface area contributed by atoms with Crippen molar-refractivity contribution < 1.29 is 19.1 Å². The molecule has 4 heteroatoms. The number of ether oxygens (including phenoxy) is 2. The van der Waals surface area contributed by atoms with E-state index in [1.54, 1.807) is 6.92 Å². The van der Waals surface area contributed by atoms with Crippen LogP contribution in [0.5, 0.6) is 0 Å². The van der Waals surface area contributed by atoms with E-state index >= 15 is 0 Å². The van der Waals surface area contributed by atoms with Gasteiger partial charge in [-0.3, -0.25) is 9.59 Å². The molecule has 2 unspecified atom stereocenters. The van der Waals surface area contributed by atoms with E-state index in [1.807, 2.05) is 0 Å². The smallest absolute Gasteiger partial charge is 0.303 e. The van der Waals surface area contributed by atoms with Crippen molar-refractivity contribution in [3.05, 3.63) is 0 Å². The van der Waals surface area contributed by atoms with Crippen LogP contribution in [-0.2, 0) is 19.1 Å². The molecule has 4 nitrogen and oxygen atoms in total. The van der Waals surface area contributed by atoms with Gasteiger partial charge in [0, 0.05) is 13.8 Å². The van der Waals surface area contributed by atoms with Crippen molar-refractivity contribution in [2.75, 3.05) is 0 Å². The number of rotatable bonds is 9. The van der Waals surface area contributed by atoms with Gasteiger partial charge in [0.15, 0.2) is 0 Å². The molecule has 0 saturated heterocycles. The molecular formula is C14H26O4. The fourth-order valence-electron chi connectivity index (χ4n) is 1.89. The second-order valence-electron chi connectivity index (χ2n) is 4.67. The Morgan fingerprint density at radius 2 is 1.50 bits per heavy atom. The maximum absolute atomic E-state index is 11.0. The molecule has 0 spiro atoms. The van der Waals surface area contributed by atoms with Gasteiger partial charge < -0.3 is 9.47 Å². The Labute approximate surface area is 110 Å². The van der Waals surface area contributed by atoms with Crippen LogP contribution < -0.4 is 0 Å². The van der Waals surface area contributed by atoms with E-state index < -0.39 is 0 Å². The minimum atomic E-state index is -0.377. The Kier molecular flexibility index (Phi) is 9.33. The lowest BCUT2D eigenvalue weighted by Crippen LogP contribution is -2.32. The number of carbonyl (C=O) groups is 2. The van der Waals surface area contributed by atoms with E-state index in [1.165, 1.54) is 33.1 Å². The summed E-state index contributed by atoms with van der Waals surface area (Å²) in [7, 11) is 0. The predicted molar refractivity (Wildman–Crippen MR) is 70.2 cm³/mol. The Morgan fingerprint density at radius 3 is 2.00 bits per heavy atom. The molecule has 18 heavy (non-hydrogen) atoms. The molecule has 0 aliphatic heterocycles. The first-order valence-corrected chi connectivity index (χ1v) is 6.81. The van der Waals surface area contributed by atoms with E-state index in [2.05, 4.69) is 6.92 Å². The summed E-state index contributed by atoms with van der Waals surface area (Å²) in [6, 6.07) is 0. The Balaban J connectivity index is 4.05. The first-order valence-electron chi connectivity index (χ1n) is 6.81. The van der Waals surface area contributed by atoms with Crippen molar-refractivity contribution in [3.63, 3.8) is 0 Å². The van der Waals surface area contributed by atoms with Crippen molar-refractivity contribution >= 4 is 11.9 Å². The standard InChI is InChI=1S/C14H26O4/c1-5-6-7-8-9-10-14(18-13(4)16)11(2)17-12(3)15/h11,14H,5-10H2,1-4H3. The molecule has 0 fully saturated rings. The number of esters is 2. The Bertz CT molecular complexity index is 250. The first-order chi connectivity index (χ1) is 8.47. The van der Waals surface area contributed by atoms with Crippen LogP contribution in [0.1, 0.15) is 66.2 Å². The zero-order valence-electron chi connectivity index (χ0n) is 12.0. The summed E-state index contributed by atoms with van der Waals surface area (Å²) in [4.78, 5) is 21.9. The van der Waals surface area contributed by atoms with Gasteiger partial charge in [-0.25, -0.2) is 0 Å². The normalized spacial score (nSPS) is 13.8. The Hall–Kier alpha value is -1.06. The highest BCUT2D eigenvalue weighted by molar-refractivity contribution is 5.67. The predicted octanol–water partition coefficient (Wildman–Crippen LogP) is 3.23. The molecule has 0 aliphatic rings. The third kappa shape index (κ3) is 9.02. The summed E-state index contributed by atoms with van der Waals surface area (Å²) in [5.41, 5.74) is 0. The Morgan fingerprint density at radius 1 is 0.944 bits per heavy atom.